The first-order valence-corrected chi connectivity index (χ1v) is 4.40. The van der Waals surface area contributed by atoms with E-state index in [0.29, 0.717) is 28.7 Å². The predicted molar refractivity (Wildman–Crippen MR) is 55.2 cm³/mol. The summed E-state index contributed by atoms with van der Waals surface area (Å²) in [6.45, 7) is 3.95. The number of rotatable bonds is 3. The molecule has 1 amide bonds. The van der Waals surface area contributed by atoms with E-state index in [-0.39, 0.29) is 0 Å². The van der Waals surface area contributed by atoms with Gasteiger partial charge in [0, 0.05) is 22.3 Å². The molecule has 2 nitrogen and oxygen atoms in total. The minimum absolute atomic E-state index is 0.347. The summed E-state index contributed by atoms with van der Waals surface area (Å²) in [5, 5.41) is 1.01. The van der Waals surface area contributed by atoms with Crippen molar-refractivity contribution in [3.8, 4) is 0 Å². The van der Waals surface area contributed by atoms with Crippen molar-refractivity contribution >= 4 is 35.3 Å². The normalized spacial score (nSPS) is 9.77. The van der Waals surface area contributed by atoms with Crippen LogP contribution in [-0.4, -0.2) is 13.0 Å². The number of carbonyl (C=O) groups excluding carboxylic acids is 1. The van der Waals surface area contributed by atoms with Gasteiger partial charge in [-0.1, -0.05) is 23.2 Å². The largest absolute Gasteiger partial charge is 0.315 e. The zero-order chi connectivity index (χ0) is 9.84. The molecule has 0 spiro atoms. The molecule has 0 bridgehead atoms. The third-order valence-electron chi connectivity index (χ3n) is 1.55. The van der Waals surface area contributed by atoms with Crippen molar-refractivity contribution in [2.75, 3.05) is 11.4 Å². The molecule has 0 unspecified atom stereocenters. The van der Waals surface area contributed by atoms with Gasteiger partial charge in [0.05, 0.1) is 0 Å². The Hall–Kier alpha value is -0.730. The molecule has 0 atom stereocenters. The van der Waals surface area contributed by atoms with E-state index in [1.54, 1.807) is 18.2 Å². The zero-order valence-electron chi connectivity index (χ0n) is 6.84. The quantitative estimate of drug-likeness (QED) is 0.713. The highest BCUT2D eigenvalue weighted by atomic mass is 35.5. The van der Waals surface area contributed by atoms with E-state index >= 15 is 0 Å². The second kappa shape index (κ2) is 4.49. The molecule has 1 aromatic rings. The third kappa shape index (κ3) is 2.61. The van der Waals surface area contributed by atoms with Gasteiger partial charge in [-0.05, 0) is 25.1 Å². The average Bonchev–Trinajstić information content (AvgIpc) is 2.04. The minimum Gasteiger partial charge on any atom is -0.315 e. The summed E-state index contributed by atoms with van der Waals surface area (Å²) in [4.78, 5) is 12.0. The van der Waals surface area contributed by atoms with Gasteiger partial charge in [0.2, 0.25) is 6.41 Å². The number of amides is 1. The highest BCUT2D eigenvalue weighted by molar-refractivity contribution is 6.35. The van der Waals surface area contributed by atoms with E-state index < -0.39 is 0 Å². The molecule has 0 aliphatic rings. The zero-order valence-corrected chi connectivity index (χ0v) is 8.35. The van der Waals surface area contributed by atoms with E-state index in [4.69, 9.17) is 23.2 Å². The maximum atomic E-state index is 10.6. The van der Waals surface area contributed by atoms with Gasteiger partial charge in [0.1, 0.15) is 0 Å². The first kappa shape index (κ1) is 10.4. The van der Waals surface area contributed by atoms with Crippen LogP contribution in [0.1, 0.15) is 0 Å². The van der Waals surface area contributed by atoms with Crippen LogP contribution in [0.4, 0.5) is 5.69 Å². The van der Waals surface area contributed by atoms with E-state index in [2.05, 4.69) is 6.92 Å². The maximum absolute atomic E-state index is 10.6. The van der Waals surface area contributed by atoms with Crippen molar-refractivity contribution < 1.29 is 4.79 Å². The van der Waals surface area contributed by atoms with E-state index in [9.17, 15) is 4.79 Å². The van der Waals surface area contributed by atoms with Crippen molar-refractivity contribution in [2.45, 2.75) is 0 Å². The lowest BCUT2D eigenvalue weighted by molar-refractivity contribution is -0.107. The minimum atomic E-state index is 0.347. The SMILES string of the molecule is [CH2]CN(C=O)c1cc(Cl)cc(Cl)c1. The van der Waals surface area contributed by atoms with Crippen LogP contribution in [-0.2, 0) is 4.79 Å². The van der Waals surface area contributed by atoms with Gasteiger partial charge >= 0.3 is 0 Å². The first-order valence-electron chi connectivity index (χ1n) is 3.64. The maximum Gasteiger partial charge on any atom is 0.214 e. The highest BCUT2D eigenvalue weighted by Gasteiger charge is 2.04. The molecule has 1 aromatic carbocycles. The van der Waals surface area contributed by atoms with Crippen LogP contribution in [0, 0.1) is 6.92 Å². The molecule has 0 saturated heterocycles. The van der Waals surface area contributed by atoms with Crippen LogP contribution in [0.25, 0.3) is 0 Å². The topological polar surface area (TPSA) is 20.3 Å². The van der Waals surface area contributed by atoms with Gasteiger partial charge in [-0.25, -0.2) is 0 Å². The summed E-state index contributed by atoms with van der Waals surface area (Å²) in [7, 11) is 0. The Morgan fingerprint density at radius 3 is 2.23 bits per heavy atom. The molecule has 0 N–H and O–H groups in total. The van der Waals surface area contributed by atoms with Crippen molar-refractivity contribution in [3.05, 3.63) is 35.2 Å². The molecule has 0 saturated carbocycles. The molecule has 1 radical (unpaired) electrons. The molecule has 69 valence electrons. The predicted octanol–water partition coefficient (Wildman–Crippen LogP) is 2.79. The number of hydrogen-bond acceptors (Lipinski definition) is 1. The van der Waals surface area contributed by atoms with Crippen LogP contribution >= 0.6 is 23.2 Å². The van der Waals surface area contributed by atoms with Gasteiger partial charge in [-0.2, -0.15) is 0 Å². The Labute approximate surface area is 87.1 Å². The Bertz CT molecular complexity index is 294. The molecular formula is C9H8Cl2NO. The fourth-order valence-electron chi connectivity index (χ4n) is 0.948. The van der Waals surface area contributed by atoms with Gasteiger partial charge < -0.3 is 4.90 Å². The molecule has 0 aliphatic heterocycles. The fourth-order valence-corrected chi connectivity index (χ4v) is 1.46. The van der Waals surface area contributed by atoms with E-state index in [0.717, 1.165) is 0 Å². The van der Waals surface area contributed by atoms with Crippen molar-refractivity contribution in [1.82, 2.24) is 0 Å². The molecule has 0 fully saturated rings. The van der Waals surface area contributed by atoms with Crippen LogP contribution in [0.3, 0.4) is 0 Å². The van der Waals surface area contributed by atoms with Crippen LogP contribution in [0.15, 0.2) is 18.2 Å². The van der Waals surface area contributed by atoms with E-state index in [1.807, 2.05) is 0 Å². The molecular weight excluding hydrogens is 209 g/mol. The Morgan fingerprint density at radius 1 is 1.31 bits per heavy atom. The number of anilines is 1. The number of hydrogen-bond donors (Lipinski definition) is 0. The molecule has 1 rings (SSSR count). The Morgan fingerprint density at radius 2 is 1.85 bits per heavy atom. The number of halogens is 2. The summed E-state index contributed by atoms with van der Waals surface area (Å²) in [5.41, 5.74) is 0.655. The highest BCUT2D eigenvalue weighted by Crippen LogP contribution is 2.24. The summed E-state index contributed by atoms with van der Waals surface area (Å²) in [5.74, 6) is 0. The molecule has 13 heavy (non-hydrogen) atoms. The Balaban J connectivity index is 3.05. The van der Waals surface area contributed by atoms with Crippen molar-refractivity contribution in [3.63, 3.8) is 0 Å². The van der Waals surface area contributed by atoms with Gasteiger partial charge in [0.15, 0.2) is 0 Å². The standard InChI is InChI=1S/C9H8Cl2NO/c1-2-12(6-13)9-4-7(10)3-8(11)5-9/h3-6H,1-2H2. The first-order chi connectivity index (χ1) is 6.17. The molecule has 0 heterocycles. The molecule has 0 aliphatic carbocycles. The van der Waals surface area contributed by atoms with Gasteiger partial charge in [-0.15, -0.1) is 0 Å². The smallest absolute Gasteiger partial charge is 0.214 e. The summed E-state index contributed by atoms with van der Waals surface area (Å²) < 4.78 is 0. The number of carbonyl (C=O) groups is 1. The third-order valence-corrected chi connectivity index (χ3v) is 1.98. The van der Waals surface area contributed by atoms with Crippen LogP contribution in [0.2, 0.25) is 10.0 Å². The van der Waals surface area contributed by atoms with Gasteiger partial charge in [0.25, 0.3) is 0 Å². The van der Waals surface area contributed by atoms with Crippen LogP contribution < -0.4 is 4.90 Å². The fraction of sp³-hybridized carbons (Fsp3) is 0.111. The average molecular weight is 217 g/mol. The summed E-state index contributed by atoms with van der Waals surface area (Å²) >= 11 is 11.5. The lowest BCUT2D eigenvalue weighted by atomic mass is 10.3. The van der Waals surface area contributed by atoms with Crippen molar-refractivity contribution in [2.24, 2.45) is 0 Å². The lowest BCUT2D eigenvalue weighted by Gasteiger charge is -2.14. The Kier molecular flexibility index (Phi) is 3.58. The monoisotopic (exact) mass is 216 g/mol. The second-order valence-electron chi connectivity index (χ2n) is 2.43. The number of benzene rings is 1. The van der Waals surface area contributed by atoms with E-state index in [1.165, 1.54) is 4.90 Å². The lowest BCUT2D eigenvalue weighted by Crippen LogP contribution is -2.20. The summed E-state index contributed by atoms with van der Waals surface area (Å²) in [6.07, 6.45) is 0.689. The molecule has 0 aromatic heterocycles. The molecule has 4 heteroatoms. The van der Waals surface area contributed by atoms with Crippen LogP contribution in [0.5, 0.6) is 0 Å². The van der Waals surface area contributed by atoms with Crippen molar-refractivity contribution in [1.29, 1.82) is 0 Å². The second-order valence-corrected chi connectivity index (χ2v) is 3.30. The summed E-state index contributed by atoms with van der Waals surface area (Å²) in [6, 6.07) is 4.93. The van der Waals surface area contributed by atoms with Gasteiger partial charge in [-0.3, -0.25) is 4.79 Å². The number of nitrogens with zero attached hydrogens (tertiary/aromatic N) is 1.